The number of allylic oxidation sites excluding steroid dienone is 1. The number of likely N-dealkylation sites (N-methyl/N-ethyl adjacent to an activating group) is 1. The molecule has 3 rings (SSSR count). The van der Waals surface area contributed by atoms with E-state index in [2.05, 4.69) is 30.1 Å². The number of nitrogens with zero attached hydrogens (tertiary/aromatic N) is 3. The molecule has 0 bridgehead atoms. The van der Waals surface area contributed by atoms with Gasteiger partial charge in [-0.2, -0.15) is 5.26 Å². The van der Waals surface area contributed by atoms with E-state index >= 15 is 0 Å². The molecule has 1 aliphatic heterocycles. The lowest BCUT2D eigenvalue weighted by Gasteiger charge is -2.35. The second-order valence-corrected chi connectivity index (χ2v) is 8.66. The topological polar surface area (TPSA) is 138 Å². The minimum Gasteiger partial charge on any atom is -0.466 e. The zero-order chi connectivity index (χ0) is 28.5. The van der Waals surface area contributed by atoms with E-state index in [9.17, 15) is 19.6 Å². The molecular weight excluding hydrogens is 498 g/mol. The van der Waals surface area contributed by atoms with Crippen molar-refractivity contribution in [2.75, 3.05) is 45.3 Å². The van der Waals surface area contributed by atoms with E-state index in [-0.39, 0.29) is 28.6 Å². The zero-order valence-electron chi connectivity index (χ0n) is 22.6. The molecule has 0 aliphatic carbocycles. The van der Waals surface area contributed by atoms with Gasteiger partial charge in [-0.3, -0.25) is 9.69 Å². The molecule has 0 saturated carbocycles. The fourth-order valence-electron chi connectivity index (χ4n) is 4.51. The number of benzene rings is 2. The van der Waals surface area contributed by atoms with Crippen molar-refractivity contribution in [3.8, 4) is 6.07 Å². The molecule has 2 aromatic carbocycles. The highest BCUT2D eigenvalue weighted by Crippen LogP contribution is 2.43. The van der Waals surface area contributed by atoms with Gasteiger partial charge in [-0.05, 0) is 42.9 Å². The van der Waals surface area contributed by atoms with Gasteiger partial charge in [-0.15, -0.1) is 0 Å². The minimum absolute atomic E-state index is 0.0455. The quantitative estimate of drug-likeness (QED) is 0.443. The Hall–Kier alpha value is -4.62. The van der Waals surface area contributed by atoms with Crippen LogP contribution in [0.3, 0.4) is 0 Å². The Kier molecular flexibility index (Phi) is 9.84. The number of ether oxygens (including phenoxy) is 2. The Labute approximate surface area is 228 Å². The van der Waals surface area contributed by atoms with Crippen LogP contribution in [0.4, 0.5) is 5.69 Å². The molecule has 10 nitrogen and oxygen atoms in total. The van der Waals surface area contributed by atoms with Crippen LogP contribution >= 0.6 is 0 Å². The van der Waals surface area contributed by atoms with Crippen LogP contribution < -0.4 is 16.0 Å². The predicted octanol–water partition coefficient (Wildman–Crippen LogP) is 2.66. The van der Waals surface area contributed by atoms with Crippen molar-refractivity contribution in [2.24, 2.45) is 5.73 Å². The van der Waals surface area contributed by atoms with Gasteiger partial charge in [0.15, 0.2) is 0 Å². The Bertz CT molecular complexity index is 1310. The van der Waals surface area contributed by atoms with Gasteiger partial charge in [0.1, 0.15) is 11.5 Å². The molecule has 39 heavy (non-hydrogen) atoms. The first-order valence-electron chi connectivity index (χ1n) is 12.6. The lowest BCUT2D eigenvalue weighted by Crippen LogP contribution is -2.40. The smallest absolute Gasteiger partial charge is 0.355 e. The Morgan fingerprint density at radius 3 is 2.15 bits per heavy atom. The first-order valence-corrected chi connectivity index (χ1v) is 12.6. The number of nitriles is 1. The van der Waals surface area contributed by atoms with Gasteiger partial charge in [0, 0.05) is 24.3 Å². The van der Waals surface area contributed by atoms with Gasteiger partial charge < -0.3 is 25.4 Å². The lowest BCUT2D eigenvalue weighted by molar-refractivity contribution is -0.139. The van der Waals surface area contributed by atoms with Crippen molar-refractivity contribution in [1.29, 1.82) is 5.26 Å². The van der Waals surface area contributed by atoms with Gasteiger partial charge in [0.2, 0.25) is 0 Å². The normalized spacial score (nSPS) is 15.2. The van der Waals surface area contributed by atoms with Gasteiger partial charge in [-0.25, -0.2) is 9.59 Å². The number of carbonyl (C=O) groups is 3. The average molecular weight is 532 g/mol. The molecule has 0 radical (unpaired) electrons. The van der Waals surface area contributed by atoms with E-state index in [1.807, 2.05) is 0 Å². The van der Waals surface area contributed by atoms with Crippen molar-refractivity contribution in [2.45, 2.75) is 19.8 Å². The van der Waals surface area contributed by atoms with E-state index < -0.39 is 17.9 Å². The third kappa shape index (κ3) is 6.10. The Balaban J connectivity index is 2.07. The van der Waals surface area contributed by atoms with E-state index in [4.69, 9.17) is 15.2 Å². The number of anilines is 1. The fourth-order valence-corrected chi connectivity index (χ4v) is 4.51. The summed E-state index contributed by atoms with van der Waals surface area (Å²) in [5.74, 6) is -2.90. The number of nitrogens with one attached hydrogen (secondary N) is 1. The average Bonchev–Trinajstić information content (AvgIpc) is 2.98. The van der Waals surface area contributed by atoms with Gasteiger partial charge in [0.25, 0.3) is 5.91 Å². The molecule has 2 aromatic rings. The van der Waals surface area contributed by atoms with Gasteiger partial charge >= 0.3 is 11.9 Å². The summed E-state index contributed by atoms with van der Waals surface area (Å²) in [6.45, 7) is 7.14. The molecule has 0 saturated heterocycles. The van der Waals surface area contributed by atoms with Crippen LogP contribution in [0.25, 0.3) is 0 Å². The number of hydrogen-bond acceptors (Lipinski definition) is 9. The van der Waals surface area contributed by atoms with Crippen molar-refractivity contribution >= 4 is 23.5 Å². The number of methoxy groups -OCH3 is 2. The molecule has 0 spiro atoms. The van der Waals surface area contributed by atoms with Crippen LogP contribution in [0.1, 0.15) is 35.7 Å². The molecule has 3 N–H and O–H groups in total. The summed E-state index contributed by atoms with van der Waals surface area (Å²) in [4.78, 5) is 42.4. The maximum Gasteiger partial charge on any atom is 0.355 e. The molecule has 1 amide bonds. The molecule has 1 aliphatic rings. The molecule has 0 aromatic heterocycles. The summed E-state index contributed by atoms with van der Waals surface area (Å²) in [5.41, 5.74) is 7.64. The molecule has 10 heteroatoms. The van der Waals surface area contributed by atoms with Crippen molar-refractivity contribution < 1.29 is 23.9 Å². The predicted molar refractivity (Wildman–Crippen MR) is 146 cm³/mol. The van der Waals surface area contributed by atoms with Crippen LogP contribution in [0.2, 0.25) is 0 Å². The molecule has 1 atom stereocenters. The molecule has 1 heterocycles. The number of rotatable bonds is 10. The first kappa shape index (κ1) is 28.9. The number of esters is 2. The van der Waals surface area contributed by atoms with Crippen LogP contribution in [0.5, 0.6) is 0 Å². The number of carbonyl (C=O) groups excluding carboxylic acids is 3. The van der Waals surface area contributed by atoms with Crippen molar-refractivity contribution in [3.05, 3.63) is 88.4 Å². The summed E-state index contributed by atoms with van der Waals surface area (Å²) < 4.78 is 10.1. The summed E-state index contributed by atoms with van der Waals surface area (Å²) in [7, 11) is 2.38. The number of hydrogen-bond donors (Lipinski definition) is 2. The fraction of sp³-hybridized carbons (Fsp3) is 0.310. The Morgan fingerprint density at radius 1 is 1.00 bits per heavy atom. The van der Waals surface area contributed by atoms with Gasteiger partial charge in [0.05, 0.1) is 37.4 Å². The summed E-state index contributed by atoms with van der Waals surface area (Å²) in [6.07, 6.45) is 0. The summed E-state index contributed by atoms with van der Waals surface area (Å²) in [5, 5.41) is 13.0. The Morgan fingerprint density at radius 2 is 1.62 bits per heavy atom. The molecule has 204 valence electrons. The third-order valence-electron chi connectivity index (χ3n) is 6.61. The highest BCUT2D eigenvalue weighted by Gasteiger charge is 2.42. The highest BCUT2D eigenvalue weighted by atomic mass is 16.5. The van der Waals surface area contributed by atoms with E-state index in [1.54, 1.807) is 54.6 Å². The second-order valence-electron chi connectivity index (χ2n) is 8.66. The summed E-state index contributed by atoms with van der Waals surface area (Å²) >= 11 is 0. The van der Waals surface area contributed by atoms with E-state index in [0.717, 1.165) is 19.6 Å². The number of nitrogens with two attached hydrogens (primary N) is 1. The minimum atomic E-state index is -0.954. The molecular formula is C29H33N5O5. The largest absolute Gasteiger partial charge is 0.466 e. The second kappa shape index (κ2) is 13.3. The third-order valence-corrected chi connectivity index (χ3v) is 6.61. The van der Waals surface area contributed by atoms with E-state index in [1.165, 1.54) is 19.1 Å². The van der Waals surface area contributed by atoms with Crippen LogP contribution in [-0.2, 0) is 19.1 Å². The maximum absolute atomic E-state index is 13.1. The van der Waals surface area contributed by atoms with Gasteiger partial charge in [-0.1, -0.05) is 44.2 Å². The van der Waals surface area contributed by atoms with Crippen molar-refractivity contribution in [1.82, 2.24) is 10.2 Å². The SMILES string of the molecule is CCN(CC)CCNC(=O)c1ccc(N2C(N)=C(C#N)C(c3ccccc3)C(C(=O)OC)=C2C(=O)OC)cc1. The summed E-state index contributed by atoms with van der Waals surface area (Å²) in [6, 6.07) is 17.2. The number of amides is 1. The van der Waals surface area contributed by atoms with Crippen LogP contribution in [0, 0.1) is 11.3 Å². The highest BCUT2D eigenvalue weighted by molar-refractivity contribution is 6.06. The molecule has 1 unspecified atom stereocenters. The zero-order valence-corrected chi connectivity index (χ0v) is 22.6. The maximum atomic E-state index is 13.1. The lowest BCUT2D eigenvalue weighted by atomic mass is 9.81. The first-order chi connectivity index (χ1) is 18.8. The van der Waals surface area contributed by atoms with E-state index in [0.29, 0.717) is 23.4 Å². The standard InChI is InChI=1S/C29H33N5O5/c1-5-33(6-2)17-16-32-27(35)20-12-14-21(15-13-20)34-25(29(37)39-4)24(28(36)38-3)23(22(18-30)26(34)31)19-10-8-7-9-11-19/h7-15,23H,5-6,16-17,31H2,1-4H3,(H,32,35). The van der Waals surface area contributed by atoms with Crippen molar-refractivity contribution in [3.63, 3.8) is 0 Å². The van der Waals surface area contributed by atoms with Crippen LogP contribution in [0.15, 0.2) is 77.3 Å². The van der Waals surface area contributed by atoms with Crippen LogP contribution in [-0.4, -0.2) is 63.1 Å². The monoisotopic (exact) mass is 531 g/mol. The molecule has 0 fully saturated rings.